The SMILES string of the molecule is CCOc1ccc(C(=O)N(C)[C@H]2CCCC[C@H]2O)cc1Cl. The van der Waals surface area contributed by atoms with Gasteiger partial charge in [0.2, 0.25) is 0 Å². The van der Waals surface area contributed by atoms with Crippen LogP contribution in [-0.2, 0) is 0 Å². The molecule has 1 saturated carbocycles. The third kappa shape index (κ3) is 3.69. The first kappa shape index (κ1) is 16.1. The summed E-state index contributed by atoms with van der Waals surface area (Å²) in [4.78, 5) is 14.2. The second-order valence-corrected chi connectivity index (χ2v) is 5.82. The molecule has 0 saturated heterocycles. The van der Waals surface area contributed by atoms with Crippen LogP contribution >= 0.6 is 11.6 Å². The molecule has 1 aliphatic rings. The normalized spacial score (nSPS) is 21.9. The molecule has 0 heterocycles. The molecule has 1 amide bonds. The van der Waals surface area contributed by atoms with E-state index in [1.54, 1.807) is 30.1 Å². The highest BCUT2D eigenvalue weighted by Crippen LogP contribution is 2.28. The fourth-order valence-electron chi connectivity index (χ4n) is 2.80. The minimum atomic E-state index is -0.439. The molecule has 0 aromatic heterocycles. The first-order valence-corrected chi connectivity index (χ1v) is 7.80. The zero-order valence-corrected chi connectivity index (χ0v) is 13.3. The van der Waals surface area contributed by atoms with Crippen LogP contribution < -0.4 is 4.74 Å². The van der Waals surface area contributed by atoms with Crippen molar-refractivity contribution in [2.75, 3.05) is 13.7 Å². The van der Waals surface area contributed by atoms with E-state index in [-0.39, 0.29) is 11.9 Å². The zero-order chi connectivity index (χ0) is 15.4. The topological polar surface area (TPSA) is 49.8 Å². The van der Waals surface area contributed by atoms with Crippen LogP contribution in [0, 0.1) is 0 Å². The Balaban J connectivity index is 2.13. The van der Waals surface area contributed by atoms with E-state index in [2.05, 4.69) is 0 Å². The summed E-state index contributed by atoms with van der Waals surface area (Å²) >= 11 is 6.13. The highest BCUT2D eigenvalue weighted by molar-refractivity contribution is 6.32. The maximum absolute atomic E-state index is 12.5. The van der Waals surface area contributed by atoms with Crippen LogP contribution in [0.3, 0.4) is 0 Å². The highest BCUT2D eigenvalue weighted by atomic mass is 35.5. The van der Waals surface area contributed by atoms with Crippen LogP contribution in [0.15, 0.2) is 18.2 Å². The number of aliphatic hydroxyl groups excluding tert-OH is 1. The van der Waals surface area contributed by atoms with Crippen molar-refractivity contribution in [3.05, 3.63) is 28.8 Å². The average molecular weight is 312 g/mol. The Morgan fingerprint density at radius 2 is 2.14 bits per heavy atom. The van der Waals surface area contributed by atoms with E-state index in [0.29, 0.717) is 22.9 Å². The molecule has 116 valence electrons. The van der Waals surface area contributed by atoms with Crippen LogP contribution in [0.5, 0.6) is 5.75 Å². The van der Waals surface area contributed by atoms with Crippen molar-refractivity contribution < 1.29 is 14.6 Å². The van der Waals surface area contributed by atoms with Crippen LogP contribution in [0.1, 0.15) is 43.0 Å². The van der Waals surface area contributed by atoms with Gasteiger partial charge >= 0.3 is 0 Å². The standard InChI is InChI=1S/C16H22ClNO3/c1-3-21-15-9-8-11(10-12(15)17)16(20)18(2)13-6-4-5-7-14(13)19/h8-10,13-14,19H,3-7H2,1-2H3/t13-,14+/m0/s1. The molecule has 2 rings (SSSR count). The monoisotopic (exact) mass is 311 g/mol. The van der Waals surface area contributed by atoms with Crippen LogP contribution in [0.2, 0.25) is 5.02 Å². The number of nitrogens with zero attached hydrogens (tertiary/aromatic N) is 1. The van der Waals surface area contributed by atoms with E-state index < -0.39 is 6.10 Å². The molecule has 0 radical (unpaired) electrons. The first-order chi connectivity index (χ1) is 10.0. The summed E-state index contributed by atoms with van der Waals surface area (Å²) in [6.45, 7) is 2.41. The van der Waals surface area contributed by atoms with Crippen molar-refractivity contribution in [2.45, 2.75) is 44.8 Å². The number of halogens is 1. The number of rotatable bonds is 4. The average Bonchev–Trinajstić information content (AvgIpc) is 2.48. The third-order valence-corrected chi connectivity index (χ3v) is 4.29. The number of hydrogen-bond donors (Lipinski definition) is 1. The Kier molecular flexibility index (Phi) is 5.48. The molecule has 1 fully saturated rings. The number of amides is 1. The lowest BCUT2D eigenvalue weighted by Crippen LogP contribution is -2.46. The molecule has 5 heteroatoms. The van der Waals surface area contributed by atoms with Crippen molar-refractivity contribution in [3.63, 3.8) is 0 Å². The lowest BCUT2D eigenvalue weighted by Gasteiger charge is -2.35. The summed E-state index contributed by atoms with van der Waals surface area (Å²) in [6.07, 6.45) is 3.23. The largest absolute Gasteiger partial charge is 0.492 e. The maximum atomic E-state index is 12.5. The van der Waals surface area contributed by atoms with Gasteiger partial charge in [0.05, 0.1) is 23.8 Å². The van der Waals surface area contributed by atoms with Crippen molar-refractivity contribution in [1.82, 2.24) is 4.90 Å². The molecule has 0 spiro atoms. The van der Waals surface area contributed by atoms with E-state index in [1.165, 1.54) is 0 Å². The second kappa shape index (κ2) is 7.14. The molecule has 0 unspecified atom stereocenters. The summed E-state index contributed by atoms with van der Waals surface area (Å²) < 4.78 is 5.37. The Morgan fingerprint density at radius 1 is 1.43 bits per heavy atom. The third-order valence-electron chi connectivity index (χ3n) is 3.99. The molecular weight excluding hydrogens is 290 g/mol. The Morgan fingerprint density at radius 3 is 2.76 bits per heavy atom. The Labute approximate surface area is 130 Å². The molecular formula is C16H22ClNO3. The van der Waals surface area contributed by atoms with Crippen molar-refractivity contribution in [3.8, 4) is 5.75 Å². The van der Waals surface area contributed by atoms with E-state index >= 15 is 0 Å². The van der Waals surface area contributed by atoms with E-state index in [1.807, 2.05) is 6.92 Å². The molecule has 0 bridgehead atoms. The van der Waals surface area contributed by atoms with Gasteiger partial charge < -0.3 is 14.7 Å². The van der Waals surface area contributed by atoms with Crippen molar-refractivity contribution in [1.29, 1.82) is 0 Å². The molecule has 1 aromatic rings. The van der Waals surface area contributed by atoms with Crippen LogP contribution in [-0.4, -0.2) is 41.7 Å². The summed E-state index contributed by atoms with van der Waals surface area (Å²) in [5, 5.41) is 10.5. The molecule has 1 aromatic carbocycles. The number of benzene rings is 1. The Bertz CT molecular complexity index is 506. The van der Waals surface area contributed by atoms with E-state index in [4.69, 9.17) is 16.3 Å². The maximum Gasteiger partial charge on any atom is 0.253 e. The number of hydrogen-bond acceptors (Lipinski definition) is 3. The fraction of sp³-hybridized carbons (Fsp3) is 0.562. The minimum absolute atomic E-state index is 0.114. The van der Waals surface area contributed by atoms with Gasteiger partial charge in [0, 0.05) is 12.6 Å². The highest BCUT2D eigenvalue weighted by Gasteiger charge is 2.30. The number of carbonyl (C=O) groups excluding carboxylic acids is 1. The van der Waals surface area contributed by atoms with Gasteiger partial charge in [-0.3, -0.25) is 4.79 Å². The van der Waals surface area contributed by atoms with Gasteiger partial charge in [-0.2, -0.15) is 0 Å². The quantitative estimate of drug-likeness (QED) is 0.929. The van der Waals surface area contributed by atoms with E-state index in [0.717, 1.165) is 25.7 Å². The molecule has 1 N–H and O–H groups in total. The number of ether oxygens (including phenoxy) is 1. The summed E-state index contributed by atoms with van der Waals surface area (Å²) in [7, 11) is 1.74. The number of aliphatic hydroxyl groups is 1. The second-order valence-electron chi connectivity index (χ2n) is 5.41. The van der Waals surface area contributed by atoms with E-state index in [9.17, 15) is 9.90 Å². The molecule has 1 aliphatic carbocycles. The lowest BCUT2D eigenvalue weighted by molar-refractivity contribution is 0.0268. The summed E-state index contributed by atoms with van der Waals surface area (Å²) in [6, 6.07) is 4.94. The van der Waals surface area contributed by atoms with Gasteiger partial charge in [-0.15, -0.1) is 0 Å². The lowest BCUT2D eigenvalue weighted by atomic mass is 9.91. The van der Waals surface area contributed by atoms with Gasteiger partial charge in [0.25, 0.3) is 5.91 Å². The van der Waals surface area contributed by atoms with Gasteiger partial charge in [-0.05, 0) is 38.0 Å². The first-order valence-electron chi connectivity index (χ1n) is 7.42. The smallest absolute Gasteiger partial charge is 0.253 e. The van der Waals surface area contributed by atoms with Gasteiger partial charge in [-0.1, -0.05) is 24.4 Å². The van der Waals surface area contributed by atoms with Gasteiger partial charge in [0.15, 0.2) is 0 Å². The molecule has 2 atom stereocenters. The van der Waals surface area contributed by atoms with Crippen LogP contribution in [0.4, 0.5) is 0 Å². The van der Waals surface area contributed by atoms with Gasteiger partial charge in [-0.25, -0.2) is 0 Å². The number of likely N-dealkylation sites (N-methyl/N-ethyl adjacent to an activating group) is 1. The van der Waals surface area contributed by atoms with Crippen molar-refractivity contribution in [2.24, 2.45) is 0 Å². The fourth-order valence-corrected chi connectivity index (χ4v) is 3.04. The predicted molar refractivity (Wildman–Crippen MR) is 83.0 cm³/mol. The Hall–Kier alpha value is -1.26. The van der Waals surface area contributed by atoms with Crippen LogP contribution in [0.25, 0.3) is 0 Å². The number of carbonyl (C=O) groups is 1. The summed E-state index contributed by atoms with van der Waals surface area (Å²) in [5.41, 5.74) is 0.517. The molecule has 21 heavy (non-hydrogen) atoms. The molecule has 0 aliphatic heterocycles. The minimum Gasteiger partial charge on any atom is -0.492 e. The molecule has 4 nitrogen and oxygen atoms in total. The van der Waals surface area contributed by atoms with Crippen molar-refractivity contribution >= 4 is 17.5 Å². The predicted octanol–water partition coefficient (Wildman–Crippen LogP) is 3.11. The zero-order valence-electron chi connectivity index (χ0n) is 12.5. The summed E-state index contributed by atoms with van der Waals surface area (Å²) in [5.74, 6) is 0.460. The van der Waals surface area contributed by atoms with Gasteiger partial charge in [0.1, 0.15) is 5.75 Å².